The molecule has 1 atom stereocenters. The van der Waals surface area contributed by atoms with Crippen LogP contribution < -0.4 is 5.32 Å². The van der Waals surface area contributed by atoms with Gasteiger partial charge in [-0.3, -0.25) is 9.36 Å². The maximum atomic E-state index is 13.7. The van der Waals surface area contributed by atoms with Crippen molar-refractivity contribution in [2.75, 3.05) is 5.32 Å². The summed E-state index contributed by atoms with van der Waals surface area (Å²) in [5.41, 5.74) is -0.171. The average molecular weight is 406 g/mol. The van der Waals surface area contributed by atoms with Crippen molar-refractivity contribution >= 4 is 34.7 Å². The molecule has 27 heavy (non-hydrogen) atoms. The number of thioether (sulfide) groups is 1. The maximum Gasteiger partial charge on any atom is 0.237 e. The van der Waals surface area contributed by atoms with Crippen LogP contribution in [0.2, 0.25) is 0 Å². The molecule has 1 fully saturated rings. The number of hydrogen-bond acceptors (Lipinski definition) is 5. The summed E-state index contributed by atoms with van der Waals surface area (Å²) in [6, 6.07) is 7.25. The van der Waals surface area contributed by atoms with Crippen LogP contribution in [0.15, 0.2) is 40.9 Å². The van der Waals surface area contributed by atoms with Crippen molar-refractivity contribution in [3.8, 4) is 10.7 Å². The van der Waals surface area contributed by atoms with Gasteiger partial charge in [0, 0.05) is 12.1 Å². The minimum Gasteiger partial charge on any atom is -0.323 e. The van der Waals surface area contributed by atoms with Crippen molar-refractivity contribution < 1.29 is 13.6 Å². The minimum absolute atomic E-state index is 0.171. The number of benzene rings is 1. The molecule has 1 aliphatic rings. The van der Waals surface area contributed by atoms with Gasteiger partial charge in [-0.25, -0.2) is 8.78 Å². The van der Waals surface area contributed by atoms with E-state index in [2.05, 4.69) is 20.1 Å². The monoisotopic (exact) mass is 406 g/mol. The second kappa shape index (κ2) is 7.40. The van der Waals surface area contributed by atoms with Crippen molar-refractivity contribution in [1.29, 1.82) is 0 Å². The fourth-order valence-corrected chi connectivity index (χ4v) is 4.26. The molecule has 0 aliphatic heterocycles. The second-order valence-corrected chi connectivity index (χ2v) is 8.51. The summed E-state index contributed by atoms with van der Waals surface area (Å²) in [4.78, 5) is 13.5. The molecule has 1 unspecified atom stereocenters. The Morgan fingerprint density at radius 1 is 1.33 bits per heavy atom. The molecule has 1 amide bonds. The number of carbonyl (C=O) groups is 1. The third-order valence-corrected chi connectivity index (χ3v) is 6.08. The van der Waals surface area contributed by atoms with Gasteiger partial charge in [0.05, 0.1) is 15.8 Å². The number of hydrogen-bond donors (Lipinski definition) is 1. The van der Waals surface area contributed by atoms with Gasteiger partial charge in [-0.2, -0.15) is 0 Å². The quantitative estimate of drug-likeness (QED) is 0.601. The van der Waals surface area contributed by atoms with Gasteiger partial charge < -0.3 is 5.32 Å². The first-order valence-corrected chi connectivity index (χ1v) is 10.2. The Morgan fingerprint density at radius 2 is 2.15 bits per heavy atom. The van der Waals surface area contributed by atoms with Crippen molar-refractivity contribution in [2.24, 2.45) is 0 Å². The predicted molar refractivity (Wildman–Crippen MR) is 102 cm³/mol. The molecule has 1 saturated carbocycles. The predicted octanol–water partition coefficient (Wildman–Crippen LogP) is 4.74. The topological polar surface area (TPSA) is 59.8 Å². The number of nitrogens with zero attached hydrogens (tertiary/aromatic N) is 3. The van der Waals surface area contributed by atoms with Crippen LogP contribution in [0.4, 0.5) is 14.5 Å². The van der Waals surface area contributed by atoms with E-state index >= 15 is 0 Å². The molecule has 1 N–H and O–H groups in total. The highest BCUT2D eigenvalue weighted by atomic mass is 32.2. The van der Waals surface area contributed by atoms with Gasteiger partial charge >= 0.3 is 0 Å². The van der Waals surface area contributed by atoms with Crippen LogP contribution in [0.1, 0.15) is 25.8 Å². The zero-order valence-electron chi connectivity index (χ0n) is 14.4. The van der Waals surface area contributed by atoms with Gasteiger partial charge in [-0.05, 0) is 43.3 Å². The first kappa shape index (κ1) is 18.1. The van der Waals surface area contributed by atoms with Gasteiger partial charge in [0.25, 0.3) is 0 Å². The van der Waals surface area contributed by atoms with E-state index in [0.29, 0.717) is 11.2 Å². The van der Waals surface area contributed by atoms with E-state index in [0.717, 1.165) is 41.7 Å². The SMILES string of the molecule is CC(Sc1nnc(-c2cccs2)n1C1CC1)C(=O)Nc1cc(F)ccc1F. The van der Waals surface area contributed by atoms with Crippen LogP contribution >= 0.6 is 23.1 Å². The fraction of sp³-hybridized carbons (Fsp3) is 0.278. The summed E-state index contributed by atoms with van der Waals surface area (Å²) in [7, 11) is 0. The lowest BCUT2D eigenvalue weighted by molar-refractivity contribution is -0.115. The number of rotatable bonds is 6. The number of nitrogens with one attached hydrogen (secondary N) is 1. The number of carbonyl (C=O) groups excluding carboxylic acids is 1. The molecule has 1 aromatic carbocycles. The Labute approximate surface area is 162 Å². The number of anilines is 1. The van der Waals surface area contributed by atoms with Crippen LogP contribution in [-0.2, 0) is 4.79 Å². The molecule has 2 aromatic heterocycles. The summed E-state index contributed by atoms with van der Waals surface area (Å²) in [5, 5.41) is 13.1. The Morgan fingerprint density at radius 3 is 2.85 bits per heavy atom. The lowest BCUT2D eigenvalue weighted by Crippen LogP contribution is -2.23. The fourth-order valence-electron chi connectivity index (χ4n) is 2.63. The Balaban J connectivity index is 1.52. The molecule has 0 radical (unpaired) electrons. The lowest BCUT2D eigenvalue weighted by atomic mass is 10.3. The first-order valence-electron chi connectivity index (χ1n) is 8.44. The third-order valence-electron chi connectivity index (χ3n) is 4.16. The number of thiophene rings is 1. The van der Waals surface area contributed by atoms with Gasteiger partial charge in [-0.15, -0.1) is 21.5 Å². The second-order valence-electron chi connectivity index (χ2n) is 6.26. The van der Waals surface area contributed by atoms with Gasteiger partial charge in [0.15, 0.2) is 11.0 Å². The van der Waals surface area contributed by atoms with Crippen LogP contribution in [0, 0.1) is 11.6 Å². The molecule has 5 nitrogen and oxygen atoms in total. The molecule has 140 valence electrons. The molecule has 9 heteroatoms. The molecular weight excluding hydrogens is 390 g/mol. The summed E-state index contributed by atoms with van der Waals surface area (Å²) < 4.78 is 29.1. The molecule has 0 spiro atoms. The standard InChI is InChI=1S/C18H16F2N4OS2/c1-10(17(25)21-14-9-11(19)4-7-13(14)20)27-18-23-22-16(15-3-2-8-26-15)24(18)12-5-6-12/h2-4,7-10,12H,5-6H2,1H3,(H,21,25). The average Bonchev–Trinajstić information content (AvgIpc) is 3.16. The van der Waals surface area contributed by atoms with E-state index in [1.165, 1.54) is 11.8 Å². The molecule has 0 bridgehead atoms. The highest BCUT2D eigenvalue weighted by molar-refractivity contribution is 8.00. The van der Waals surface area contributed by atoms with E-state index in [9.17, 15) is 13.6 Å². The van der Waals surface area contributed by atoms with Crippen LogP contribution in [0.3, 0.4) is 0 Å². The van der Waals surface area contributed by atoms with E-state index in [1.54, 1.807) is 18.3 Å². The minimum atomic E-state index is -0.678. The molecular formula is C18H16F2N4OS2. The van der Waals surface area contributed by atoms with Crippen molar-refractivity contribution in [3.05, 3.63) is 47.3 Å². The van der Waals surface area contributed by atoms with Crippen molar-refractivity contribution in [1.82, 2.24) is 14.8 Å². The number of amides is 1. The zero-order valence-corrected chi connectivity index (χ0v) is 16.0. The van der Waals surface area contributed by atoms with E-state index in [1.807, 2.05) is 17.5 Å². The maximum absolute atomic E-state index is 13.7. The highest BCUT2D eigenvalue weighted by Crippen LogP contribution is 2.42. The molecule has 0 saturated heterocycles. The van der Waals surface area contributed by atoms with Crippen molar-refractivity contribution in [2.45, 2.75) is 36.2 Å². The van der Waals surface area contributed by atoms with Gasteiger partial charge in [-0.1, -0.05) is 17.8 Å². The van der Waals surface area contributed by atoms with Crippen LogP contribution in [-0.4, -0.2) is 25.9 Å². The van der Waals surface area contributed by atoms with E-state index in [-0.39, 0.29) is 5.69 Å². The highest BCUT2D eigenvalue weighted by Gasteiger charge is 2.31. The first-order chi connectivity index (χ1) is 13.0. The lowest BCUT2D eigenvalue weighted by Gasteiger charge is -2.13. The normalized spacial score (nSPS) is 14.9. The van der Waals surface area contributed by atoms with E-state index < -0.39 is 22.8 Å². The summed E-state index contributed by atoms with van der Waals surface area (Å²) in [6.07, 6.45) is 2.11. The Bertz CT molecular complexity index is 970. The largest absolute Gasteiger partial charge is 0.323 e. The Kier molecular flexibility index (Phi) is 4.96. The van der Waals surface area contributed by atoms with Gasteiger partial charge in [0.1, 0.15) is 11.6 Å². The molecule has 3 aromatic rings. The summed E-state index contributed by atoms with van der Waals surface area (Å²) in [6.45, 7) is 1.70. The summed E-state index contributed by atoms with van der Waals surface area (Å²) in [5.74, 6) is -0.907. The van der Waals surface area contributed by atoms with Crippen LogP contribution in [0.25, 0.3) is 10.7 Å². The molecule has 4 rings (SSSR count). The summed E-state index contributed by atoms with van der Waals surface area (Å²) >= 11 is 2.85. The molecule has 1 aliphatic carbocycles. The third kappa shape index (κ3) is 3.89. The molecule has 2 heterocycles. The number of aromatic nitrogens is 3. The zero-order chi connectivity index (χ0) is 19.0. The van der Waals surface area contributed by atoms with Crippen molar-refractivity contribution in [3.63, 3.8) is 0 Å². The number of halogens is 2. The smallest absolute Gasteiger partial charge is 0.237 e. The van der Waals surface area contributed by atoms with Gasteiger partial charge in [0.2, 0.25) is 5.91 Å². The van der Waals surface area contributed by atoms with Crippen LogP contribution in [0.5, 0.6) is 0 Å². The van der Waals surface area contributed by atoms with E-state index in [4.69, 9.17) is 0 Å². The Hall–Kier alpha value is -2.26.